The largest absolute Gasteiger partial charge is 0.382 e. The molecule has 1 rings (SSSR count). The summed E-state index contributed by atoms with van der Waals surface area (Å²) in [4.78, 5) is 0. The first-order valence-corrected chi connectivity index (χ1v) is 4.76. The maximum Gasteiger partial charge on any atom is 0.149 e. The number of hydrogen-bond acceptors (Lipinski definition) is 1. The van der Waals surface area contributed by atoms with Crippen LogP contribution in [0.1, 0.15) is 6.42 Å². The third kappa shape index (κ3) is 2.71. The molecule has 14 heavy (non-hydrogen) atoms. The van der Waals surface area contributed by atoms with E-state index in [1.165, 1.54) is 6.07 Å². The van der Waals surface area contributed by atoms with Gasteiger partial charge in [0.15, 0.2) is 0 Å². The van der Waals surface area contributed by atoms with Crippen molar-refractivity contribution in [2.24, 2.45) is 0 Å². The Bertz CT molecular complexity index is 371. The minimum absolute atomic E-state index is 0.224. The van der Waals surface area contributed by atoms with Gasteiger partial charge < -0.3 is 5.32 Å². The van der Waals surface area contributed by atoms with Crippen LogP contribution in [0.15, 0.2) is 16.6 Å². The lowest BCUT2D eigenvalue weighted by Gasteiger charge is -2.06. The van der Waals surface area contributed by atoms with Crippen molar-refractivity contribution in [2.75, 3.05) is 11.9 Å². The topological polar surface area (TPSA) is 12.0 Å². The molecule has 0 atom stereocenters. The summed E-state index contributed by atoms with van der Waals surface area (Å²) in [6.45, 7) is 0.464. The van der Waals surface area contributed by atoms with Crippen LogP contribution in [0.5, 0.6) is 0 Å². The summed E-state index contributed by atoms with van der Waals surface area (Å²) in [5.74, 6) is 1.17. The Balaban J connectivity index is 2.78. The molecule has 0 radical (unpaired) electrons. The fourth-order valence-corrected chi connectivity index (χ4v) is 1.27. The van der Waals surface area contributed by atoms with Crippen LogP contribution >= 0.6 is 15.9 Å². The predicted octanol–water partition coefficient (Wildman–Crippen LogP) is 3.16. The van der Waals surface area contributed by atoms with Gasteiger partial charge in [-0.1, -0.05) is 0 Å². The van der Waals surface area contributed by atoms with Gasteiger partial charge in [-0.2, -0.15) is 0 Å². The first kappa shape index (κ1) is 11.0. The summed E-state index contributed by atoms with van der Waals surface area (Å²) in [7, 11) is 0. The van der Waals surface area contributed by atoms with Gasteiger partial charge in [-0.25, -0.2) is 8.78 Å². The molecule has 0 heterocycles. The summed E-state index contributed by atoms with van der Waals surface area (Å²) in [6.07, 6.45) is 5.53. The molecule has 0 aliphatic rings. The number of rotatable bonds is 3. The van der Waals surface area contributed by atoms with Gasteiger partial charge >= 0.3 is 0 Å². The highest BCUT2D eigenvalue weighted by Crippen LogP contribution is 2.23. The van der Waals surface area contributed by atoms with Crippen LogP contribution in [0.25, 0.3) is 0 Å². The standard InChI is InChI=1S/C10H8BrF2N/c1-2-3-4-14-10-5-7(11)8(12)6-9(10)13/h1,5-6,14H,3-4H2. The first-order chi connectivity index (χ1) is 6.65. The first-order valence-electron chi connectivity index (χ1n) is 3.97. The average Bonchev–Trinajstić information content (AvgIpc) is 2.14. The number of hydrogen-bond donors (Lipinski definition) is 1. The van der Waals surface area contributed by atoms with E-state index < -0.39 is 11.6 Å². The summed E-state index contributed by atoms with van der Waals surface area (Å²) >= 11 is 2.97. The predicted molar refractivity (Wildman–Crippen MR) is 56.0 cm³/mol. The van der Waals surface area contributed by atoms with Crippen molar-refractivity contribution in [3.05, 3.63) is 28.2 Å². The number of anilines is 1. The fourth-order valence-electron chi connectivity index (χ4n) is 0.927. The normalized spacial score (nSPS) is 9.57. The smallest absolute Gasteiger partial charge is 0.149 e. The Morgan fingerprint density at radius 3 is 2.71 bits per heavy atom. The zero-order valence-corrected chi connectivity index (χ0v) is 8.87. The van der Waals surface area contributed by atoms with Gasteiger partial charge in [0.2, 0.25) is 0 Å². The van der Waals surface area contributed by atoms with E-state index >= 15 is 0 Å². The Hall–Kier alpha value is -1.08. The Morgan fingerprint density at radius 1 is 1.36 bits per heavy atom. The van der Waals surface area contributed by atoms with Crippen LogP contribution in [0.3, 0.4) is 0 Å². The van der Waals surface area contributed by atoms with Crippen LogP contribution in [0, 0.1) is 24.0 Å². The lowest BCUT2D eigenvalue weighted by atomic mass is 10.3. The molecule has 74 valence electrons. The highest BCUT2D eigenvalue weighted by Gasteiger charge is 2.06. The molecule has 0 unspecified atom stereocenters. The van der Waals surface area contributed by atoms with E-state index in [1.807, 2.05) is 0 Å². The molecular formula is C10H8BrF2N. The second kappa shape index (κ2) is 4.97. The lowest BCUT2D eigenvalue weighted by Crippen LogP contribution is -2.03. The lowest BCUT2D eigenvalue weighted by molar-refractivity contribution is 0.581. The van der Waals surface area contributed by atoms with E-state index in [4.69, 9.17) is 6.42 Å². The summed E-state index contributed by atoms with van der Waals surface area (Å²) < 4.78 is 26.1. The van der Waals surface area contributed by atoms with E-state index in [2.05, 4.69) is 27.2 Å². The maximum atomic E-state index is 13.1. The Morgan fingerprint density at radius 2 is 2.07 bits per heavy atom. The number of nitrogens with one attached hydrogen (secondary N) is 1. The molecule has 0 spiro atoms. The van der Waals surface area contributed by atoms with Gasteiger partial charge in [0, 0.05) is 19.0 Å². The molecular weight excluding hydrogens is 252 g/mol. The molecule has 0 saturated carbocycles. The molecule has 0 aliphatic heterocycles. The zero-order valence-electron chi connectivity index (χ0n) is 7.28. The molecule has 0 aliphatic carbocycles. The summed E-state index contributed by atoms with van der Waals surface area (Å²) in [5, 5.41) is 2.77. The molecule has 0 bridgehead atoms. The summed E-state index contributed by atoms with van der Waals surface area (Å²) in [6, 6.07) is 2.17. The molecule has 0 aromatic heterocycles. The maximum absolute atomic E-state index is 13.1. The molecule has 1 aromatic carbocycles. The van der Waals surface area contributed by atoms with Crippen molar-refractivity contribution in [3.8, 4) is 12.3 Å². The highest BCUT2D eigenvalue weighted by atomic mass is 79.9. The van der Waals surface area contributed by atoms with E-state index in [9.17, 15) is 8.78 Å². The van der Waals surface area contributed by atoms with E-state index in [1.54, 1.807) is 0 Å². The molecule has 0 amide bonds. The average molecular weight is 260 g/mol. The Labute approximate surface area is 89.6 Å². The highest BCUT2D eigenvalue weighted by molar-refractivity contribution is 9.10. The van der Waals surface area contributed by atoms with Gasteiger partial charge in [0.1, 0.15) is 11.6 Å². The molecule has 1 N–H and O–H groups in total. The summed E-state index contributed by atoms with van der Waals surface area (Å²) in [5.41, 5.74) is 0.244. The molecule has 0 fully saturated rings. The number of benzene rings is 1. The van der Waals surface area contributed by atoms with Crippen molar-refractivity contribution in [1.82, 2.24) is 0 Å². The SMILES string of the molecule is C#CCCNc1cc(Br)c(F)cc1F. The van der Waals surface area contributed by atoms with Crippen LogP contribution in [-0.4, -0.2) is 6.54 Å². The van der Waals surface area contributed by atoms with Crippen molar-refractivity contribution in [3.63, 3.8) is 0 Å². The fraction of sp³-hybridized carbons (Fsp3) is 0.200. The molecule has 0 saturated heterocycles. The quantitative estimate of drug-likeness (QED) is 0.500. The third-order valence-electron chi connectivity index (χ3n) is 1.59. The van der Waals surface area contributed by atoms with E-state index in [0.717, 1.165) is 6.07 Å². The van der Waals surface area contributed by atoms with Gasteiger partial charge in [-0.15, -0.1) is 12.3 Å². The number of terminal acetylenes is 1. The van der Waals surface area contributed by atoms with Crippen molar-refractivity contribution in [2.45, 2.75) is 6.42 Å². The van der Waals surface area contributed by atoms with E-state index in [0.29, 0.717) is 13.0 Å². The zero-order chi connectivity index (χ0) is 10.6. The van der Waals surface area contributed by atoms with Crippen LogP contribution in [-0.2, 0) is 0 Å². The number of halogens is 3. The Kier molecular flexibility index (Phi) is 3.90. The van der Waals surface area contributed by atoms with Gasteiger partial charge in [-0.05, 0) is 22.0 Å². The van der Waals surface area contributed by atoms with Crippen molar-refractivity contribution in [1.29, 1.82) is 0 Å². The molecule has 1 nitrogen and oxygen atoms in total. The van der Waals surface area contributed by atoms with Crippen LogP contribution < -0.4 is 5.32 Å². The second-order valence-corrected chi connectivity index (χ2v) is 3.48. The van der Waals surface area contributed by atoms with Gasteiger partial charge in [0.05, 0.1) is 10.2 Å². The minimum Gasteiger partial charge on any atom is -0.382 e. The minimum atomic E-state index is -0.622. The molecule has 1 aromatic rings. The van der Waals surface area contributed by atoms with Crippen molar-refractivity contribution >= 4 is 21.6 Å². The van der Waals surface area contributed by atoms with Crippen LogP contribution in [0.2, 0.25) is 0 Å². The van der Waals surface area contributed by atoms with Crippen LogP contribution in [0.4, 0.5) is 14.5 Å². The van der Waals surface area contributed by atoms with Gasteiger partial charge in [-0.3, -0.25) is 0 Å². The van der Waals surface area contributed by atoms with E-state index in [-0.39, 0.29) is 10.2 Å². The second-order valence-electron chi connectivity index (χ2n) is 2.63. The van der Waals surface area contributed by atoms with Crippen molar-refractivity contribution < 1.29 is 8.78 Å². The molecule has 4 heteroatoms. The monoisotopic (exact) mass is 259 g/mol. The van der Waals surface area contributed by atoms with Gasteiger partial charge in [0.25, 0.3) is 0 Å². The third-order valence-corrected chi connectivity index (χ3v) is 2.20.